The zero-order valence-corrected chi connectivity index (χ0v) is 20.4. The van der Waals surface area contributed by atoms with Gasteiger partial charge in [-0.1, -0.05) is 53.6 Å². The molecule has 0 saturated heterocycles. The largest absolute Gasteiger partial charge is 0.386 e. The Morgan fingerprint density at radius 3 is 2.59 bits per heavy atom. The molecule has 2 aromatic carbocycles. The minimum Gasteiger partial charge on any atom is -0.386 e. The number of hydrogen-bond donors (Lipinski definition) is 2. The number of aryl methyl sites for hydroxylation is 2. The first kappa shape index (κ1) is 24.2. The summed E-state index contributed by atoms with van der Waals surface area (Å²) in [5.41, 5.74) is 2.58. The van der Waals surface area contributed by atoms with Crippen molar-refractivity contribution in [3.63, 3.8) is 0 Å². The lowest BCUT2D eigenvalue weighted by atomic mass is 10.1. The van der Waals surface area contributed by atoms with Crippen LogP contribution in [0.3, 0.4) is 0 Å². The first-order chi connectivity index (χ1) is 16.3. The van der Waals surface area contributed by atoms with Crippen molar-refractivity contribution in [2.24, 2.45) is 7.05 Å². The topological polar surface area (TPSA) is 80.6 Å². The van der Waals surface area contributed by atoms with Crippen molar-refractivity contribution < 1.29 is 14.6 Å². The molecule has 0 bridgehead atoms. The lowest BCUT2D eigenvalue weighted by molar-refractivity contribution is 0.0287. The van der Waals surface area contributed by atoms with Gasteiger partial charge < -0.3 is 19.7 Å². The second-order valence-electron chi connectivity index (χ2n) is 8.17. The van der Waals surface area contributed by atoms with E-state index >= 15 is 0 Å². The number of thiophene rings is 1. The Labute approximate surface area is 206 Å². The predicted molar refractivity (Wildman–Crippen MR) is 135 cm³/mol. The minimum absolute atomic E-state index is 0.0871. The maximum atomic E-state index is 13.0. The molecule has 0 saturated carbocycles. The van der Waals surface area contributed by atoms with Crippen molar-refractivity contribution in [2.75, 3.05) is 6.61 Å². The number of fused-ring (bicyclic) bond motifs is 1. The molecular formula is C26H25ClN2O4S. The molecule has 2 N–H and O–H groups in total. The third-order valence-electron chi connectivity index (χ3n) is 5.49. The number of amides is 1. The van der Waals surface area contributed by atoms with E-state index in [1.54, 1.807) is 36.0 Å². The molecule has 1 amide bonds. The average molecular weight is 497 g/mol. The number of aliphatic hydroxyl groups excluding tert-OH is 1. The number of aromatic nitrogens is 1. The Hall–Kier alpha value is -2.97. The normalized spacial score (nSPS) is 12.1. The van der Waals surface area contributed by atoms with E-state index in [9.17, 15) is 14.7 Å². The van der Waals surface area contributed by atoms with Crippen molar-refractivity contribution in [2.45, 2.75) is 26.2 Å². The molecule has 0 radical (unpaired) electrons. The molecule has 0 fully saturated rings. The number of pyridine rings is 1. The first-order valence-electron chi connectivity index (χ1n) is 10.8. The molecule has 34 heavy (non-hydrogen) atoms. The summed E-state index contributed by atoms with van der Waals surface area (Å²) in [4.78, 5) is 27.3. The fourth-order valence-electron chi connectivity index (χ4n) is 3.58. The monoisotopic (exact) mass is 496 g/mol. The van der Waals surface area contributed by atoms with Crippen LogP contribution in [0, 0.1) is 6.92 Å². The summed E-state index contributed by atoms with van der Waals surface area (Å²) < 4.78 is 7.49. The molecule has 0 aliphatic rings. The lowest BCUT2D eigenvalue weighted by Crippen LogP contribution is -2.29. The second-order valence-corrected chi connectivity index (χ2v) is 9.72. The van der Waals surface area contributed by atoms with Crippen molar-refractivity contribution in [1.29, 1.82) is 0 Å². The Kier molecular flexibility index (Phi) is 7.48. The number of carbonyl (C=O) groups is 1. The molecule has 0 spiro atoms. The van der Waals surface area contributed by atoms with Gasteiger partial charge in [0.1, 0.15) is 16.5 Å². The van der Waals surface area contributed by atoms with Crippen molar-refractivity contribution in [3.05, 3.63) is 103 Å². The van der Waals surface area contributed by atoms with E-state index in [-0.39, 0.29) is 24.2 Å². The fraction of sp³-hybridized carbons (Fsp3) is 0.231. The molecule has 1 atom stereocenters. The molecule has 8 heteroatoms. The number of benzene rings is 2. The lowest BCUT2D eigenvalue weighted by Gasteiger charge is -2.11. The SMILES string of the molecule is Cc1ccc([C@H](O)COCc2cc3c(=O)c(C(=O)NCc4ccc(Cl)cc4)cn(C)c3s2)cc1. The summed E-state index contributed by atoms with van der Waals surface area (Å²) in [6.45, 7) is 2.70. The Morgan fingerprint density at radius 1 is 1.18 bits per heavy atom. The summed E-state index contributed by atoms with van der Waals surface area (Å²) in [5, 5.41) is 14.2. The van der Waals surface area contributed by atoms with E-state index in [1.165, 1.54) is 11.3 Å². The van der Waals surface area contributed by atoms with E-state index in [0.29, 0.717) is 17.0 Å². The van der Waals surface area contributed by atoms with Gasteiger partial charge in [0.25, 0.3) is 5.91 Å². The van der Waals surface area contributed by atoms with Gasteiger partial charge in [0.2, 0.25) is 5.43 Å². The van der Waals surface area contributed by atoms with Crippen molar-refractivity contribution >= 4 is 39.1 Å². The molecule has 0 aliphatic heterocycles. The zero-order chi connectivity index (χ0) is 24.2. The number of nitrogens with one attached hydrogen (secondary N) is 1. The van der Waals surface area contributed by atoms with Gasteiger partial charge >= 0.3 is 0 Å². The van der Waals surface area contributed by atoms with E-state index in [2.05, 4.69) is 5.32 Å². The maximum Gasteiger partial charge on any atom is 0.257 e. The number of halogens is 1. The molecule has 176 valence electrons. The van der Waals surface area contributed by atoms with Gasteiger partial charge in [-0.25, -0.2) is 0 Å². The highest BCUT2D eigenvalue weighted by atomic mass is 35.5. The third kappa shape index (κ3) is 5.56. The summed E-state index contributed by atoms with van der Waals surface area (Å²) in [6.07, 6.45) is 0.835. The van der Waals surface area contributed by atoms with Gasteiger partial charge in [-0.2, -0.15) is 0 Å². The van der Waals surface area contributed by atoms with Gasteiger partial charge in [-0.15, -0.1) is 11.3 Å². The van der Waals surface area contributed by atoms with Crippen LogP contribution in [0.25, 0.3) is 10.2 Å². The van der Waals surface area contributed by atoms with Gasteiger partial charge in [-0.05, 0) is 36.2 Å². The quantitative estimate of drug-likeness (QED) is 0.369. The van der Waals surface area contributed by atoms with Crippen LogP contribution in [-0.2, 0) is 24.9 Å². The van der Waals surface area contributed by atoms with E-state index < -0.39 is 12.0 Å². The van der Waals surface area contributed by atoms with E-state index in [1.807, 2.05) is 43.3 Å². The van der Waals surface area contributed by atoms with E-state index in [4.69, 9.17) is 16.3 Å². The Balaban J connectivity index is 1.43. The van der Waals surface area contributed by atoms with Crippen LogP contribution >= 0.6 is 22.9 Å². The van der Waals surface area contributed by atoms with Gasteiger partial charge in [0, 0.05) is 29.7 Å². The van der Waals surface area contributed by atoms with Crippen LogP contribution in [0.15, 0.2) is 65.6 Å². The van der Waals surface area contributed by atoms with E-state index in [0.717, 1.165) is 26.4 Å². The molecule has 0 unspecified atom stereocenters. The number of ether oxygens (including phenoxy) is 1. The van der Waals surface area contributed by atoms with Crippen molar-refractivity contribution in [1.82, 2.24) is 9.88 Å². The summed E-state index contributed by atoms with van der Waals surface area (Å²) in [5.74, 6) is -0.428. The van der Waals surface area contributed by atoms with Gasteiger partial charge in [0.15, 0.2) is 0 Å². The smallest absolute Gasteiger partial charge is 0.257 e. The average Bonchev–Trinajstić information content (AvgIpc) is 3.26. The second kappa shape index (κ2) is 10.5. The number of nitrogens with zero attached hydrogens (tertiary/aromatic N) is 1. The highest BCUT2D eigenvalue weighted by Gasteiger charge is 2.17. The highest BCUT2D eigenvalue weighted by molar-refractivity contribution is 7.18. The molecule has 2 heterocycles. The standard InChI is InChI=1S/C26H25ClN2O4S/c1-16-3-7-18(8-4-16)23(30)15-33-14-20-11-21-24(31)22(13-29(2)26(21)34-20)25(32)28-12-17-5-9-19(27)10-6-17/h3-11,13,23,30H,12,14-15H2,1-2H3,(H,28,32)/t23-/m1/s1. The van der Waals surface area contributed by atoms with Crippen LogP contribution in [0.5, 0.6) is 0 Å². The maximum absolute atomic E-state index is 13.0. The summed E-state index contributed by atoms with van der Waals surface area (Å²) >= 11 is 7.33. The minimum atomic E-state index is -0.725. The molecule has 0 aliphatic carbocycles. The van der Waals surface area contributed by atoms with Crippen LogP contribution in [0.2, 0.25) is 5.02 Å². The third-order valence-corrected chi connectivity index (χ3v) is 6.94. The Morgan fingerprint density at radius 2 is 1.88 bits per heavy atom. The molecule has 4 aromatic rings. The van der Waals surface area contributed by atoms with Crippen LogP contribution in [0.1, 0.15) is 38.0 Å². The van der Waals surface area contributed by atoms with Crippen LogP contribution in [-0.4, -0.2) is 22.2 Å². The summed E-state index contributed by atoms with van der Waals surface area (Å²) in [6, 6.07) is 16.6. The van der Waals surface area contributed by atoms with Crippen molar-refractivity contribution in [3.8, 4) is 0 Å². The fourth-order valence-corrected chi connectivity index (χ4v) is 4.73. The molecule has 2 aromatic heterocycles. The van der Waals surface area contributed by atoms with Gasteiger partial charge in [-0.3, -0.25) is 9.59 Å². The molecule has 4 rings (SSSR count). The predicted octanol–water partition coefficient (Wildman–Crippen LogP) is 4.74. The number of rotatable bonds is 8. The van der Waals surface area contributed by atoms with Crippen LogP contribution in [0.4, 0.5) is 0 Å². The van der Waals surface area contributed by atoms with Gasteiger partial charge in [0.05, 0.1) is 18.6 Å². The highest BCUT2D eigenvalue weighted by Crippen LogP contribution is 2.25. The molecular weight excluding hydrogens is 472 g/mol. The van der Waals surface area contributed by atoms with Crippen LogP contribution < -0.4 is 10.7 Å². The Bertz CT molecular complexity index is 1360. The number of aliphatic hydroxyl groups is 1. The molecule has 6 nitrogen and oxygen atoms in total. The first-order valence-corrected chi connectivity index (χ1v) is 12.0. The summed E-state index contributed by atoms with van der Waals surface area (Å²) in [7, 11) is 1.81. The number of hydrogen-bond acceptors (Lipinski definition) is 5. The number of carbonyl (C=O) groups excluding carboxylic acids is 1. The zero-order valence-electron chi connectivity index (χ0n) is 18.9.